The Balaban J connectivity index is 1.16. The minimum atomic E-state index is 0.504. The highest BCUT2D eigenvalue weighted by Crippen LogP contribution is 2.11. The van der Waals surface area contributed by atoms with E-state index in [9.17, 15) is 0 Å². The Kier molecular flexibility index (Phi) is 7.77. The lowest BCUT2D eigenvalue weighted by molar-refractivity contribution is 0.103. The van der Waals surface area contributed by atoms with Gasteiger partial charge in [0.2, 0.25) is 0 Å². The number of aromatic nitrogens is 9. The average Bonchev–Trinajstić information content (AvgIpc) is 3.73. The van der Waals surface area contributed by atoms with Gasteiger partial charge in [0, 0.05) is 19.3 Å². The van der Waals surface area contributed by atoms with Gasteiger partial charge in [-0.3, -0.25) is 0 Å². The summed E-state index contributed by atoms with van der Waals surface area (Å²) in [6, 6.07) is 30.9. The molecule has 3 aromatic carbocycles. The molecule has 0 atom stereocenters. The summed E-state index contributed by atoms with van der Waals surface area (Å²) in [6.07, 6.45) is 8.18. The molecule has 6 rings (SSSR count). The van der Waals surface area contributed by atoms with Crippen LogP contribution >= 0.6 is 0 Å². The van der Waals surface area contributed by atoms with E-state index in [0.717, 1.165) is 36.3 Å². The van der Waals surface area contributed by atoms with Gasteiger partial charge in [-0.15, -0.1) is 15.3 Å². The van der Waals surface area contributed by atoms with Gasteiger partial charge in [0.1, 0.15) is 0 Å². The second-order valence-electron chi connectivity index (χ2n) is 9.83. The van der Waals surface area contributed by atoms with Crippen LogP contribution in [0.1, 0.15) is 33.8 Å². The van der Waals surface area contributed by atoms with Gasteiger partial charge in [-0.25, -0.2) is 18.9 Å². The van der Waals surface area contributed by atoms with Crippen LogP contribution in [0.5, 0.6) is 0 Å². The summed E-state index contributed by atoms with van der Waals surface area (Å²) in [5, 5.41) is 26.4. The largest absolute Gasteiger partial charge is 0.245 e. The Labute approximate surface area is 232 Å². The van der Waals surface area contributed by atoms with Crippen LogP contribution in [0.2, 0.25) is 0 Å². The lowest BCUT2D eigenvalue weighted by atomic mass is 10.1. The molecule has 0 aliphatic carbocycles. The van der Waals surface area contributed by atoms with Crippen molar-refractivity contribution < 1.29 is 0 Å². The van der Waals surface area contributed by atoms with Crippen molar-refractivity contribution in [2.24, 2.45) is 0 Å². The van der Waals surface area contributed by atoms with Crippen molar-refractivity contribution in [3.8, 4) is 0 Å². The van der Waals surface area contributed by atoms with E-state index in [1.165, 1.54) is 16.7 Å². The molecule has 6 aromatic rings. The molecule has 0 bridgehead atoms. The molecule has 0 aliphatic rings. The zero-order chi connectivity index (χ0) is 27.0. The van der Waals surface area contributed by atoms with Crippen molar-refractivity contribution in [1.29, 1.82) is 0 Å². The van der Waals surface area contributed by atoms with E-state index < -0.39 is 0 Å². The minimum absolute atomic E-state index is 0.504. The van der Waals surface area contributed by atoms with E-state index in [0.29, 0.717) is 20.0 Å². The van der Waals surface area contributed by atoms with Gasteiger partial charge in [0.25, 0.3) is 0 Å². The highest BCUT2D eigenvalue weighted by molar-refractivity contribution is 5.21. The SMILES string of the molecule is c1ccc(Cc2cn(CN(Cn3cc(Cc4ccccc4)nn3)Cn3cc(Cc4ccccc4)nn3)nn2)cc1. The molecular weight excluding hydrogens is 500 g/mol. The Hall–Kier alpha value is -4.96. The van der Waals surface area contributed by atoms with Crippen LogP contribution in [0.25, 0.3) is 0 Å². The molecular formula is C30H30N10. The van der Waals surface area contributed by atoms with Gasteiger partial charge in [0.15, 0.2) is 0 Å². The lowest BCUT2D eigenvalue weighted by Gasteiger charge is -2.21. The third kappa shape index (κ3) is 6.91. The van der Waals surface area contributed by atoms with Crippen LogP contribution in [0, 0.1) is 0 Å². The fourth-order valence-electron chi connectivity index (χ4n) is 4.63. The lowest BCUT2D eigenvalue weighted by Crippen LogP contribution is -2.31. The van der Waals surface area contributed by atoms with E-state index in [1.807, 2.05) is 87.2 Å². The zero-order valence-corrected chi connectivity index (χ0v) is 22.1. The standard InChI is InChI=1S/C30H30N10/c1-4-10-25(11-5-1)16-28-19-38(34-31-28)22-37(23-39-20-29(32-35-39)17-26-12-6-2-7-13-26)24-40-21-30(33-36-40)18-27-14-8-3-9-15-27/h1-15,19-21H,16-18,22-24H2. The highest BCUT2D eigenvalue weighted by Gasteiger charge is 2.13. The monoisotopic (exact) mass is 530 g/mol. The number of rotatable bonds is 12. The number of hydrogen-bond acceptors (Lipinski definition) is 7. The number of benzene rings is 3. The Morgan fingerprint density at radius 2 is 0.725 bits per heavy atom. The first kappa shape index (κ1) is 25.3. The van der Waals surface area contributed by atoms with E-state index >= 15 is 0 Å². The first-order valence-corrected chi connectivity index (χ1v) is 13.3. The molecule has 0 fully saturated rings. The average molecular weight is 531 g/mol. The van der Waals surface area contributed by atoms with Crippen molar-refractivity contribution >= 4 is 0 Å². The van der Waals surface area contributed by atoms with Crippen LogP contribution in [0.3, 0.4) is 0 Å². The van der Waals surface area contributed by atoms with Crippen LogP contribution in [-0.4, -0.2) is 49.9 Å². The van der Waals surface area contributed by atoms with Crippen LogP contribution in [0.4, 0.5) is 0 Å². The van der Waals surface area contributed by atoms with Crippen molar-refractivity contribution in [3.05, 3.63) is 143 Å². The fourth-order valence-corrected chi connectivity index (χ4v) is 4.63. The minimum Gasteiger partial charge on any atom is -0.245 e. The van der Waals surface area contributed by atoms with Gasteiger partial charge >= 0.3 is 0 Å². The van der Waals surface area contributed by atoms with Crippen LogP contribution in [-0.2, 0) is 39.3 Å². The second-order valence-corrected chi connectivity index (χ2v) is 9.83. The molecule has 0 amide bonds. The predicted octanol–water partition coefficient (Wildman–Crippen LogP) is 3.81. The molecule has 0 saturated carbocycles. The van der Waals surface area contributed by atoms with E-state index in [1.54, 1.807) is 0 Å². The van der Waals surface area contributed by atoms with Crippen molar-refractivity contribution in [1.82, 2.24) is 49.9 Å². The maximum atomic E-state index is 4.40. The van der Waals surface area contributed by atoms with Crippen molar-refractivity contribution in [2.75, 3.05) is 0 Å². The molecule has 200 valence electrons. The molecule has 0 aliphatic heterocycles. The summed E-state index contributed by atoms with van der Waals surface area (Å²) in [5.41, 5.74) is 6.37. The molecule has 10 heteroatoms. The maximum absolute atomic E-state index is 4.40. The number of hydrogen-bond donors (Lipinski definition) is 0. The summed E-state index contributed by atoms with van der Waals surface area (Å²) in [5.74, 6) is 0. The fraction of sp³-hybridized carbons (Fsp3) is 0.200. The first-order chi connectivity index (χ1) is 19.7. The molecule has 0 unspecified atom stereocenters. The summed E-state index contributed by atoms with van der Waals surface area (Å²) >= 11 is 0. The molecule has 10 nitrogen and oxygen atoms in total. The van der Waals surface area contributed by atoms with Gasteiger partial charge in [-0.2, -0.15) is 0 Å². The molecule has 3 heterocycles. The van der Waals surface area contributed by atoms with Crippen molar-refractivity contribution in [2.45, 2.75) is 39.3 Å². The normalized spacial score (nSPS) is 11.3. The van der Waals surface area contributed by atoms with Crippen LogP contribution in [0.15, 0.2) is 110 Å². The zero-order valence-electron chi connectivity index (χ0n) is 22.1. The quantitative estimate of drug-likeness (QED) is 0.237. The Bertz CT molecular complexity index is 1410. The van der Waals surface area contributed by atoms with Crippen molar-refractivity contribution in [3.63, 3.8) is 0 Å². The summed E-state index contributed by atoms with van der Waals surface area (Å²) in [7, 11) is 0. The summed E-state index contributed by atoms with van der Waals surface area (Å²) in [6.45, 7) is 1.51. The van der Waals surface area contributed by atoms with E-state index in [-0.39, 0.29) is 0 Å². The van der Waals surface area contributed by atoms with Gasteiger partial charge in [-0.05, 0) is 16.7 Å². The third-order valence-corrected chi connectivity index (χ3v) is 6.48. The second kappa shape index (κ2) is 12.3. The molecule has 0 spiro atoms. The molecule has 40 heavy (non-hydrogen) atoms. The van der Waals surface area contributed by atoms with Gasteiger partial charge in [-0.1, -0.05) is 107 Å². The topological polar surface area (TPSA) is 95.4 Å². The molecule has 0 radical (unpaired) electrons. The Morgan fingerprint density at radius 3 is 1.02 bits per heavy atom. The Morgan fingerprint density at radius 1 is 0.425 bits per heavy atom. The first-order valence-electron chi connectivity index (χ1n) is 13.3. The highest BCUT2D eigenvalue weighted by atomic mass is 15.6. The van der Waals surface area contributed by atoms with E-state index in [2.05, 4.69) is 72.2 Å². The van der Waals surface area contributed by atoms with Crippen LogP contribution < -0.4 is 0 Å². The smallest absolute Gasteiger partial charge is 0.0976 e. The summed E-state index contributed by atoms with van der Waals surface area (Å²) in [4.78, 5) is 2.17. The molecule has 3 aromatic heterocycles. The van der Waals surface area contributed by atoms with E-state index in [4.69, 9.17) is 0 Å². The third-order valence-electron chi connectivity index (χ3n) is 6.48. The maximum Gasteiger partial charge on any atom is 0.0976 e. The number of nitrogens with zero attached hydrogens (tertiary/aromatic N) is 10. The molecule has 0 saturated heterocycles. The van der Waals surface area contributed by atoms with Gasteiger partial charge < -0.3 is 0 Å². The summed E-state index contributed by atoms with van der Waals surface area (Å²) < 4.78 is 5.55. The predicted molar refractivity (Wildman–Crippen MR) is 150 cm³/mol. The van der Waals surface area contributed by atoms with Gasteiger partial charge in [0.05, 0.1) is 55.7 Å². The molecule has 0 N–H and O–H groups in total.